The van der Waals surface area contributed by atoms with E-state index in [0.717, 1.165) is 38.4 Å². The first-order valence-corrected chi connectivity index (χ1v) is 5.40. The molecule has 1 saturated heterocycles. The zero-order valence-electron chi connectivity index (χ0n) is 8.60. The molecular formula is C13H19F2N. The van der Waals surface area contributed by atoms with Crippen molar-refractivity contribution in [2.45, 2.75) is 26.7 Å². The van der Waals surface area contributed by atoms with Crippen molar-refractivity contribution in [3.63, 3.8) is 0 Å². The van der Waals surface area contributed by atoms with Crippen molar-refractivity contribution in [1.82, 2.24) is 5.32 Å². The average Bonchev–Trinajstić information content (AvgIpc) is 2.24. The van der Waals surface area contributed by atoms with Crippen molar-refractivity contribution < 1.29 is 8.78 Å². The molecule has 0 amide bonds. The Balaban J connectivity index is 0.00000128. The van der Waals surface area contributed by atoms with Crippen LogP contribution in [0.3, 0.4) is 0 Å². The molecule has 0 spiro atoms. The molecule has 1 fully saturated rings. The minimum absolute atomic E-state index is 0. The van der Waals surface area contributed by atoms with Gasteiger partial charge in [-0.2, -0.15) is 0 Å². The predicted octanol–water partition coefficient (Wildman–Crippen LogP) is 3.14. The Hall–Kier alpha value is -0.960. The van der Waals surface area contributed by atoms with Crippen molar-refractivity contribution in [2.75, 3.05) is 13.1 Å². The molecule has 0 aromatic heterocycles. The van der Waals surface area contributed by atoms with E-state index in [2.05, 4.69) is 5.32 Å². The summed E-state index contributed by atoms with van der Waals surface area (Å²) in [5, 5.41) is 3.27. The van der Waals surface area contributed by atoms with Crippen LogP contribution in [0.5, 0.6) is 0 Å². The smallest absolute Gasteiger partial charge is 0.129 e. The van der Waals surface area contributed by atoms with Gasteiger partial charge in [0, 0.05) is 6.07 Å². The lowest BCUT2D eigenvalue weighted by Gasteiger charge is -2.22. The van der Waals surface area contributed by atoms with E-state index in [9.17, 15) is 8.78 Å². The number of halogens is 2. The molecule has 1 nitrogen and oxygen atoms in total. The number of hydrogen-bond acceptors (Lipinski definition) is 1. The highest BCUT2D eigenvalue weighted by molar-refractivity contribution is 5.19. The first-order chi connectivity index (χ1) is 7.25. The van der Waals surface area contributed by atoms with Crippen LogP contribution in [-0.4, -0.2) is 13.1 Å². The molecule has 1 aromatic rings. The van der Waals surface area contributed by atoms with Crippen LogP contribution in [0.4, 0.5) is 8.78 Å². The van der Waals surface area contributed by atoms with Gasteiger partial charge in [-0.25, -0.2) is 8.78 Å². The van der Waals surface area contributed by atoms with Gasteiger partial charge in [-0.3, -0.25) is 0 Å². The first-order valence-electron chi connectivity index (χ1n) is 5.40. The molecule has 90 valence electrons. The zero-order valence-corrected chi connectivity index (χ0v) is 8.60. The average molecular weight is 227 g/mol. The molecule has 0 unspecified atom stereocenters. The Morgan fingerprint density at radius 1 is 1.19 bits per heavy atom. The minimum Gasteiger partial charge on any atom is -0.317 e. The fourth-order valence-electron chi connectivity index (χ4n) is 2.08. The highest BCUT2D eigenvalue weighted by atomic mass is 19.1. The molecule has 1 heterocycles. The van der Waals surface area contributed by atoms with Crippen molar-refractivity contribution >= 4 is 0 Å². The highest BCUT2D eigenvalue weighted by Crippen LogP contribution is 2.20. The Bertz CT molecular complexity index is 333. The number of benzene rings is 1. The Morgan fingerprint density at radius 2 is 1.88 bits per heavy atom. The fourth-order valence-corrected chi connectivity index (χ4v) is 2.08. The van der Waals surface area contributed by atoms with E-state index in [1.54, 1.807) is 6.07 Å². The Labute approximate surface area is 95.9 Å². The second-order valence-electron chi connectivity index (χ2n) is 4.13. The van der Waals surface area contributed by atoms with E-state index < -0.39 is 11.6 Å². The molecule has 1 N–H and O–H groups in total. The number of piperidine rings is 1. The van der Waals surface area contributed by atoms with Gasteiger partial charge in [0.05, 0.1) is 0 Å². The zero-order chi connectivity index (χ0) is 10.7. The molecule has 0 atom stereocenters. The monoisotopic (exact) mass is 227 g/mol. The van der Waals surface area contributed by atoms with E-state index in [-0.39, 0.29) is 7.43 Å². The van der Waals surface area contributed by atoms with Gasteiger partial charge in [-0.15, -0.1) is 0 Å². The summed E-state index contributed by atoms with van der Waals surface area (Å²) in [7, 11) is 0. The molecule has 2 rings (SSSR count). The molecule has 0 radical (unpaired) electrons. The summed E-state index contributed by atoms with van der Waals surface area (Å²) in [6.07, 6.45) is 2.89. The van der Waals surface area contributed by atoms with Crippen LogP contribution in [0.15, 0.2) is 18.2 Å². The molecule has 16 heavy (non-hydrogen) atoms. The largest absolute Gasteiger partial charge is 0.317 e. The molecule has 1 aliphatic heterocycles. The molecule has 1 aliphatic rings. The van der Waals surface area contributed by atoms with E-state index >= 15 is 0 Å². The van der Waals surface area contributed by atoms with Crippen LogP contribution < -0.4 is 5.32 Å². The van der Waals surface area contributed by atoms with Gasteiger partial charge in [-0.05, 0) is 49.9 Å². The van der Waals surface area contributed by atoms with Crippen molar-refractivity contribution in [3.05, 3.63) is 35.4 Å². The fraction of sp³-hybridized carbons (Fsp3) is 0.538. The summed E-state index contributed by atoms with van der Waals surface area (Å²) in [6, 6.07) is 3.86. The minimum atomic E-state index is -0.499. The Kier molecular flexibility index (Phi) is 4.87. The van der Waals surface area contributed by atoms with Crippen LogP contribution in [0.25, 0.3) is 0 Å². The summed E-state index contributed by atoms with van der Waals surface area (Å²) >= 11 is 0. The van der Waals surface area contributed by atoms with E-state index in [1.807, 2.05) is 0 Å². The number of nitrogens with one attached hydrogen (secondary N) is 1. The summed E-state index contributed by atoms with van der Waals surface area (Å²) in [4.78, 5) is 0. The van der Waals surface area contributed by atoms with Gasteiger partial charge >= 0.3 is 0 Å². The molecule has 1 aromatic carbocycles. The SMILES string of the molecule is C.Fc1ccc(CC2CCNCC2)c(F)c1. The third-order valence-corrected chi connectivity index (χ3v) is 2.98. The molecule has 0 bridgehead atoms. The van der Waals surface area contributed by atoms with Gasteiger partial charge in [0.25, 0.3) is 0 Å². The summed E-state index contributed by atoms with van der Waals surface area (Å²) in [6.45, 7) is 2.01. The normalized spacial score (nSPS) is 16.9. The van der Waals surface area contributed by atoms with Gasteiger partial charge in [0.15, 0.2) is 0 Å². The van der Waals surface area contributed by atoms with Crippen molar-refractivity contribution in [1.29, 1.82) is 0 Å². The third-order valence-electron chi connectivity index (χ3n) is 2.98. The highest BCUT2D eigenvalue weighted by Gasteiger charge is 2.15. The lowest BCUT2D eigenvalue weighted by atomic mass is 9.91. The molecular weight excluding hydrogens is 208 g/mol. The van der Waals surface area contributed by atoms with Gasteiger partial charge < -0.3 is 5.32 Å². The van der Waals surface area contributed by atoms with E-state index in [1.165, 1.54) is 6.07 Å². The number of rotatable bonds is 2. The molecule has 0 saturated carbocycles. The van der Waals surface area contributed by atoms with E-state index in [4.69, 9.17) is 0 Å². The van der Waals surface area contributed by atoms with Crippen LogP contribution in [0, 0.1) is 17.6 Å². The maximum absolute atomic E-state index is 13.3. The van der Waals surface area contributed by atoms with Crippen molar-refractivity contribution in [3.8, 4) is 0 Å². The second-order valence-corrected chi connectivity index (χ2v) is 4.13. The third kappa shape index (κ3) is 3.27. The topological polar surface area (TPSA) is 12.0 Å². The van der Waals surface area contributed by atoms with Crippen LogP contribution >= 0.6 is 0 Å². The van der Waals surface area contributed by atoms with E-state index in [0.29, 0.717) is 11.5 Å². The van der Waals surface area contributed by atoms with Crippen LogP contribution in [-0.2, 0) is 6.42 Å². The maximum atomic E-state index is 13.3. The maximum Gasteiger partial charge on any atom is 0.129 e. The number of hydrogen-bond donors (Lipinski definition) is 1. The standard InChI is InChI=1S/C12H15F2N.CH4/c13-11-2-1-10(12(14)8-11)7-9-3-5-15-6-4-9;/h1-2,8-9,15H,3-7H2;1H4. The Morgan fingerprint density at radius 3 is 2.50 bits per heavy atom. The second kappa shape index (κ2) is 5.94. The molecule has 3 heteroatoms. The molecule has 0 aliphatic carbocycles. The lowest BCUT2D eigenvalue weighted by Crippen LogP contribution is -2.28. The van der Waals surface area contributed by atoms with Crippen LogP contribution in [0.1, 0.15) is 25.8 Å². The van der Waals surface area contributed by atoms with Gasteiger partial charge in [0.1, 0.15) is 11.6 Å². The first kappa shape index (κ1) is 13.1. The van der Waals surface area contributed by atoms with Gasteiger partial charge in [-0.1, -0.05) is 13.5 Å². The summed E-state index contributed by atoms with van der Waals surface area (Å²) < 4.78 is 26.0. The summed E-state index contributed by atoms with van der Waals surface area (Å²) in [5.74, 6) is -0.374. The predicted molar refractivity (Wildman–Crippen MR) is 62.4 cm³/mol. The van der Waals surface area contributed by atoms with Gasteiger partial charge in [0.2, 0.25) is 0 Å². The summed E-state index contributed by atoms with van der Waals surface area (Å²) in [5.41, 5.74) is 0.642. The van der Waals surface area contributed by atoms with Crippen molar-refractivity contribution in [2.24, 2.45) is 5.92 Å². The quantitative estimate of drug-likeness (QED) is 0.818. The lowest BCUT2D eigenvalue weighted by molar-refractivity contribution is 0.368. The van der Waals surface area contributed by atoms with Crippen LogP contribution in [0.2, 0.25) is 0 Å².